The smallest absolute Gasteiger partial charge is 0.410 e. The minimum absolute atomic E-state index is 0.224. The van der Waals surface area contributed by atoms with Crippen LogP contribution in [0.2, 0.25) is 0 Å². The van der Waals surface area contributed by atoms with Gasteiger partial charge in [0, 0.05) is 46.3 Å². The molecule has 2 aliphatic rings. The zero-order chi connectivity index (χ0) is 22.4. The Morgan fingerprint density at radius 1 is 1.29 bits per heavy atom. The summed E-state index contributed by atoms with van der Waals surface area (Å²) in [5.41, 5.74) is -0.470. The number of carbonyl (C=O) groups is 1. The van der Waals surface area contributed by atoms with Crippen LogP contribution in [0.25, 0.3) is 0 Å². The van der Waals surface area contributed by atoms with E-state index in [1.165, 1.54) is 0 Å². The first-order valence-corrected chi connectivity index (χ1v) is 11.1. The molecule has 1 saturated heterocycles. The van der Waals surface area contributed by atoms with Gasteiger partial charge in [0.25, 0.3) is 0 Å². The molecule has 31 heavy (non-hydrogen) atoms. The van der Waals surface area contributed by atoms with E-state index in [0.717, 1.165) is 62.9 Å². The molecular formula is C21H37N7O3. The number of hydrogen-bond donors (Lipinski definition) is 2. The van der Waals surface area contributed by atoms with Gasteiger partial charge in [-0.15, -0.1) is 0 Å². The number of nitrogens with zero attached hydrogens (tertiary/aromatic N) is 5. The van der Waals surface area contributed by atoms with Crippen molar-refractivity contribution in [3.8, 4) is 0 Å². The Bertz CT molecular complexity index is 772. The third-order valence-electron chi connectivity index (χ3n) is 5.47. The maximum atomic E-state index is 12.4. The Hall–Kier alpha value is -2.36. The van der Waals surface area contributed by atoms with Crippen LogP contribution in [0.3, 0.4) is 0 Å². The van der Waals surface area contributed by atoms with Gasteiger partial charge < -0.3 is 25.0 Å². The van der Waals surface area contributed by atoms with Crippen molar-refractivity contribution in [1.29, 1.82) is 0 Å². The van der Waals surface area contributed by atoms with Gasteiger partial charge in [0.2, 0.25) is 0 Å². The molecule has 1 aromatic heterocycles. The molecule has 0 aliphatic carbocycles. The third-order valence-corrected chi connectivity index (χ3v) is 5.47. The second-order valence-corrected chi connectivity index (χ2v) is 9.33. The highest BCUT2D eigenvalue weighted by molar-refractivity contribution is 5.80. The van der Waals surface area contributed by atoms with Gasteiger partial charge in [0.05, 0.1) is 6.54 Å². The lowest BCUT2D eigenvalue weighted by atomic mass is 9.98. The van der Waals surface area contributed by atoms with E-state index in [9.17, 15) is 4.79 Å². The molecule has 0 spiro atoms. The van der Waals surface area contributed by atoms with Crippen molar-refractivity contribution >= 4 is 12.1 Å². The molecule has 2 aliphatic heterocycles. The fourth-order valence-corrected chi connectivity index (χ4v) is 4.02. The van der Waals surface area contributed by atoms with Crippen molar-refractivity contribution in [2.75, 3.05) is 33.8 Å². The standard InChI is InChI=1S/C21H37N7O3/c1-21(2,3)31-20(29)27-10-6-7-15(12-27)11-23-19(22-4)24-16-8-9-18-25-17(14-30-5)26-28(18)13-16/h15-16H,6-14H2,1-5H3,(H2,22,23,24). The number of guanidine groups is 1. The van der Waals surface area contributed by atoms with Crippen molar-refractivity contribution in [2.24, 2.45) is 10.9 Å². The molecule has 10 heteroatoms. The fraction of sp³-hybridized carbons (Fsp3) is 0.810. The summed E-state index contributed by atoms with van der Waals surface area (Å²) in [6.45, 7) is 9.10. The predicted octanol–water partition coefficient (Wildman–Crippen LogP) is 1.55. The second-order valence-electron chi connectivity index (χ2n) is 9.33. The number of ether oxygens (including phenoxy) is 2. The highest BCUT2D eigenvalue weighted by atomic mass is 16.6. The number of hydrogen-bond acceptors (Lipinski definition) is 6. The number of likely N-dealkylation sites (tertiary alicyclic amines) is 1. The maximum Gasteiger partial charge on any atom is 0.410 e. The second kappa shape index (κ2) is 10.3. The van der Waals surface area contributed by atoms with Crippen LogP contribution in [0, 0.1) is 5.92 Å². The molecular weight excluding hydrogens is 398 g/mol. The van der Waals surface area contributed by atoms with Crippen molar-refractivity contribution in [2.45, 2.75) is 71.2 Å². The van der Waals surface area contributed by atoms with Gasteiger partial charge in [-0.05, 0) is 46.0 Å². The van der Waals surface area contributed by atoms with E-state index in [0.29, 0.717) is 19.1 Å². The zero-order valence-electron chi connectivity index (χ0n) is 19.5. The highest BCUT2D eigenvalue weighted by Crippen LogP contribution is 2.19. The maximum absolute atomic E-state index is 12.4. The Morgan fingerprint density at radius 3 is 2.81 bits per heavy atom. The molecule has 2 atom stereocenters. The molecule has 0 bridgehead atoms. The summed E-state index contributed by atoms with van der Waals surface area (Å²) in [5.74, 6) is 2.88. The van der Waals surface area contributed by atoms with Gasteiger partial charge in [-0.25, -0.2) is 14.5 Å². The zero-order valence-corrected chi connectivity index (χ0v) is 19.5. The number of aromatic nitrogens is 3. The summed E-state index contributed by atoms with van der Waals surface area (Å²) in [6.07, 6.45) is 3.69. The molecule has 1 fully saturated rings. The van der Waals surface area contributed by atoms with Crippen LogP contribution >= 0.6 is 0 Å². The van der Waals surface area contributed by atoms with Crippen LogP contribution in [-0.2, 0) is 29.0 Å². The molecule has 3 heterocycles. The van der Waals surface area contributed by atoms with E-state index in [4.69, 9.17) is 9.47 Å². The monoisotopic (exact) mass is 435 g/mol. The lowest BCUT2D eigenvalue weighted by Crippen LogP contribution is -2.50. The summed E-state index contributed by atoms with van der Waals surface area (Å²) in [5, 5.41) is 11.5. The largest absolute Gasteiger partial charge is 0.444 e. The van der Waals surface area contributed by atoms with Gasteiger partial charge in [-0.2, -0.15) is 5.10 Å². The Kier molecular flexibility index (Phi) is 7.74. The lowest BCUT2D eigenvalue weighted by molar-refractivity contribution is 0.0168. The summed E-state index contributed by atoms with van der Waals surface area (Å²) < 4.78 is 12.6. The number of rotatable bonds is 5. The first kappa shape index (κ1) is 23.3. The van der Waals surface area contributed by atoms with Crippen LogP contribution in [0.4, 0.5) is 4.79 Å². The molecule has 1 aromatic rings. The third kappa shape index (κ3) is 6.81. The average molecular weight is 436 g/mol. The Balaban J connectivity index is 1.46. The molecule has 0 radical (unpaired) electrons. The van der Waals surface area contributed by atoms with E-state index < -0.39 is 5.60 Å². The van der Waals surface area contributed by atoms with E-state index in [1.54, 1.807) is 14.2 Å². The van der Waals surface area contributed by atoms with Crippen molar-refractivity contribution in [3.63, 3.8) is 0 Å². The quantitative estimate of drug-likeness (QED) is 0.534. The number of methoxy groups -OCH3 is 1. The van der Waals surface area contributed by atoms with Gasteiger partial charge in [0.1, 0.15) is 18.0 Å². The van der Waals surface area contributed by atoms with E-state index in [2.05, 4.69) is 25.7 Å². The molecule has 2 N–H and O–H groups in total. The molecule has 174 valence electrons. The van der Waals surface area contributed by atoms with E-state index in [-0.39, 0.29) is 12.1 Å². The summed E-state index contributed by atoms with van der Waals surface area (Å²) in [7, 11) is 3.43. The lowest BCUT2D eigenvalue weighted by Gasteiger charge is -2.34. The molecule has 0 saturated carbocycles. The molecule has 3 rings (SSSR count). The number of fused-ring (bicyclic) bond motifs is 1. The van der Waals surface area contributed by atoms with Crippen LogP contribution in [0.1, 0.15) is 51.7 Å². The number of amides is 1. The van der Waals surface area contributed by atoms with E-state index >= 15 is 0 Å². The highest BCUT2D eigenvalue weighted by Gasteiger charge is 2.28. The minimum Gasteiger partial charge on any atom is -0.444 e. The van der Waals surface area contributed by atoms with Gasteiger partial charge >= 0.3 is 6.09 Å². The molecule has 2 unspecified atom stereocenters. The fourth-order valence-electron chi connectivity index (χ4n) is 4.02. The van der Waals surface area contributed by atoms with Crippen molar-refractivity contribution in [3.05, 3.63) is 11.6 Å². The number of nitrogens with one attached hydrogen (secondary N) is 2. The minimum atomic E-state index is -0.470. The van der Waals surface area contributed by atoms with Crippen molar-refractivity contribution < 1.29 is 14.3 Å². The topological polar surface area (TPSA) is 106 Å². The molecule has 1 amide bonds. The normalized spacial score (nSPS) is 22.1. The molecule has 10 nitrogen and oxygen atoms in total. The van der Waals surface area contributed by atoms with Gasteiger partial charge in [0.15, 0.2) is 11.8 Å². The van der Waals surface area contributed by atoms with Crippen LogP contribution < -0.4 is 10.6 Å². The van der Waals surface area contributed by atoms with E-state index in [1.807, 2.05) is 30.4 Å². The summed E-state index contributed by atoms with van der Waals surface area (Å²) in [6, 6.07) is 0.236. The number of carbonyl (C=O) groups excluding carboxylic acids is 1. The summed E-state index contributed by atoms with van der Waals surface area (Å²) in [4.78, 5) is 23.1. The SMILES string of the molecule is CN=C(NCC1CCCN(C(=O)OC(C)(C)C)C1)NC1CCc2nc(COC)nn2C1. The predicted molar refractivity (Wildman–Crippen MR) is 118 cm³/mol. The van der Waals surface area contributed by atoms with Crippen LogP contribution in [-0.4, -0.2) is 77.2 Å². The number of piperidine rings is 1. The van der Waals surface area contributed by atoms with Gasteiger partial charge in [-0.3, -0.25) is 4.99 Å². The van der Waals surface area contributed by atoms with Crippen molar-refractivity contribution in [1.82, 2.24) is 30.3 Å². The summed E-state index contributed by atoms with van der Waals surface area (Å²) >= 11 is 0. The number of aliphatic imine (C=N–C) groups is 1. The first-order valence-electron chi connectivity index (χ1n) is 11.1. The number of aryl methyl sites for hydroxylation is 1. The average Bonchev–Trinajstić information content (AvgIpc) is 3.12. The Morgan fingerprint density at radius 2 is 2.10 bits per heavy atom. The van der Waals surface area contributed by atoms with Gasteiger partial charge in [-0.1, -0.05) is 0 Å². The first-order chi connectivity index (χ1) is 14.8. The van der Waals surface area contributed by atoms with Crippen LogP contribution in [0.5, 0.6) is 0 Å². The molecule has 0 aromatic carbocycles. The van der Waals surface area contributed by atoms with Crippen LogP contribution in [0.15, 0.2) is 4.99 Å². The Labute approximate surface area is 184 Å².